The van der Waals surface area contributed by atoms with E-state index in [1.807, 2.05) is 77.1 Å². The molecule has 1 unspecified atom stereocenters. The molecule has 6 rings (SSSR count). The summed E-state index contributed by atoms with van der Waals surface area (Å²) >= 11 is 1.45. The number of nitrogens with one attached hydrogen (secondary N) is 2. The van der Waals surface area contributed by atoms with Gasteiger partial charge >= 0.3 is 6.18 Å². The molecule has 2 N–H and O–H groups in total. The number of aryl methyl sites for hydroxylation is 1. The van der Waals surface area contributed by atoms with Crippen molar-refractivity contribution in [2.24, 2.45) is 5.92 Å². The minimum atomic E-state index is -4.15. The average Bonchev–Trinajstić information content (AvgIpc) is 3.49. The van der Waals surface area contributed by atoms with E-state index in [4.69, 9.17) is 19.2 Å². The number of alkyl halides is 3. The first-order chi connectivity index (χ1) is 25.5. The van der Waals surface area contributed by atoms with Crippen molar-refractivity contribution >= 4 is 23.5 Å². The largest absolute Gasteiger partial charge is 0.448 e. The molecule has 1 aliphatic carbocycles. The summed E-state index contributed by atoms with van der Waals surface area (Å²) < 4.78 is 57.7. The van der Waals surface area contributed by atoms with Crippen molar-refractivity contribution in [2.45, 2.75) is 115 Å². The number of hydrogen-bond acceptors (Lipinski definition) is 9. The highest BCUT2D eigenvalue weighted by atomic mass is 32.2. The van der Waals surface area contributed by atoms with Gasteiger partial charge in [-0.25, -0.2) is 4.98 Å². The van der Waals surface area contributed by atoms with Crippen LogP contribution in [0.5, 0.6) is 11.5 Å². The highest BCUT2D eigenvalue weighted by molar-refractivity contribution is 7.98. The molecule has 4 heterocycles. The predicted octanol–water partition coefficient (Wildman–Crippen LogP) is 7.64. The Kier molecular flexibility index (Phi) is 11.9. The van der Waals surface area contributed by atoms with Crippen LogP contribution in [0.2, 0.25) is 0 Å². The third kappa shape index (κ3) is 8.86. The van der Waals surface area contributed by atoms with Gasteiger partial charge in [-0.05, 0) is 104 Å². The molecule has 3 aliphatic rings. The number of pyridine rings is 2. The minimum Gasteiger partial charge on any atom is -0.448 e. The Hall–Kier alpha value is -3.75. The van der Waals surface area contributed by atoms with Gasteiger partial charge in [0.2, 0.25) is 0 Å². The number of rotatable bonds is 11. The molecule has 3 atom stereocenters. The van der Waals surface area contributed by atoms with Crippen molar-refractivity contribution in [3.05, 3.63) is 63.2 Å². The van der Waals surface area contributed by atoms with Crippen LogP contribution < -0.4 is 25.2 Å². The van der Waals surface area contributed by atoms with E-state index in [0.29, 0.717) is 40.3 Å². The van der Waals surface area contributed by atoms with Crippen LogP contribution in [0.3, 0.4) is 0 Å². The van der Waals surface area contributed by atoms with E-state index in [-0.39, 0.29) is 48.6 Å². The lowest BCUT2D eigenvalue weighted by atomic mass is 9.81. The third-order valence-electron chi connectivity index (χ3n) is 11.0. The number of aromatic nitrogens is 2. The first kappa shape index (κ1) is 39.9. The summed E-state index contributed by atoms with van der Waals surface area (Å²) in [4.78, 5) is 39.6. The fourth-order valence-electron chi connectivity index (χ4n) is 8.15. The lowest BCUT2D eigenvalue weighted by Crippen LogP contribution is -2.47. The molecule has 3 aromatic rings. The number of nitrogens with zero attached hydrogens (tertiary/aromatic N) is 3. The Bertz CT molecular complexity index is 1870. The highest BCUT2D eigenvalue weighted by Crippen LogP contribution is 2.53. The number of halogens is 3. The molecule has 1 saturated heterocycles. The third-order valence-corrected chi connectivity index (χ3v) is 11.9. The Morgan fingerprint density at radius 1 is 1.09 bits per heavy atom. The number of benzene rings is 1. The molecule has 54 heavy (non-hydrogen) atoms. The maximum absolute atomic E-state index is 14.0. The summed E-state index contributed by atoms with van der Waals surface area (Å²) in [5, 5.41) is 2.97. The fourth-order valence-corrected chi connectivity index (χ4v) is 8.86. The Morgan fingerprint density at radius 3 is 2.41 bits per heavy atom. The summed E-state index contributed by atoms with van der Waals surface area (Å²) in [6.45, 7) is 11.6. The first-order valence-electron chi connectivity index (χ1n) is 18.8. The second kappa shape index (κ2) is 16.2. The van der Waals surface area contributed by atoms with Crippen molar-refractivity contribution in [3.63, 3.8) is 0 Å². The molecule has 2 fully saturated rings. The van der Waals surface area contributed by atoms with Gasteiger partial charge in [-0.2, -0.15) is 13.2 Å². The Balaban J connectivity index is 1.26. The van der Waals surface area contributed by atoms with E-state index in [0.717, 1.165) is 60.7 Å². The summed E-state index contributed by atoms with van der Waals surface area (Å²) in [5.41, 5.74) is 3.44. The zero-order valence-corrected chi connectivity index (χ0v) is 33.0. The van der Waals surface area contributed by atoms with Crippen LogP contribution in [-0.2, 0) is 11.3 Å². The molecular weight excluding hydrogens is 720 g/mol. The second-order valence-corrected chi connectivity index (χ2v) is 16.1. The average molecular weight is 772 g/mol. The van der Waals surface area contributed by atoms with Crippen LogP contribution in [0.15, 0.2) is 40.2 Å². The number of H-pyrrole nitrogens is 1. The molecule has 2 aromatic heterocycles. The molecule has 14 heteroatoms. The number of carbonyl (C=O) groups is 1. The van der Waals surface area contributed by atoms with Gasteiger partial charge in [0.05, 0.1) is 12.2 Å². The van der Waals surface area contributed by atoms with Crippen molar-refractivity contribution in [1.82, 2.24) is 20.2 Å². The Labute approximate surface area is 319 Å². The summed E-state index contributed by atoms with van der Waals surface area (Å²) in [7, 11) is 1.90. The smallest absolute Gasteiger partial charge is 0.389 e. The fraction of sp³-hybridized carbons (Fsp3) is 0.575. The topological polar surface area (TPSA) is 109 Å². The molecule has 1 aromatic carbocycles. The highest BCUT2D eigenvalue weighted by Gasteiger charge is 2.48. The maximum Gasteiger partial charge on any atom is 0.389 e. The van der Waals surface area contributed by atoms with Gasteiger partial charge in [0.15, 0.2) is 11.5 Å². The predicted molar refractivity (Wildman–Crippen MR) is 205 cm³/mol. The van der Waals surface area contributed by atoms with Crippen molar-refractivity contribution in [2.75, 3.05) is 37.8 Å². The lowest BCUT2D eigenvalue weighted by Gasteiger charge is -2.40. The van der Waals surface area contributed by atoms with E-state index in [2.05, 4.69) is 15.2 Å². The monoisotopic (exact) mass is 771 g/mol. The normalized spacial score (nSPS) is 24.2. The number of anilines is 1. The molecule has 2 aliphatic heterocycles. The number of ether oxygens (including phenoxy) is 3. The zero-order valence-electron chi connectivity index (χ0n) is 32.2. The molecule has 0 spiro atoms. The number of thioether (sulfide) groups is 1. The van der Waals surface area contributed by atoms with Gasteiger partial charge in [0.1, 0.15) is 5.82 Å². The molecule has 0 radical (unpaired) electrons. The summed E-state index contributed by atoms with van der Waals surface area (Å²) in [6, 6.07) is 7.85. The van der Waals surface area contributed by atoms with Crippen molar-refractivity contribution in [1.29, 1.82) is 0 Å². The van der Waals surface area contributed by atoms with E-state index in [9.17, 15) is 22.8 Å². The second-order valence-electron chi connectivity index (χ2n) is 15.3. The minimum absolute atomic E-state index is 0.0123. The summed E-state index contributed by atoms with van der Waals surface area (Å²) in [5.74, 6) is 0.504. The van der Waals surface area contributed by atoms with Crippen LogP contribution in [0, 0.1) is 19.8 Å². The zero-order chi connectivity index (χ0) is 38.9. The van der Waals surface area contributed by atoms with Crippen LogP contribution >= 0.6 is 11.8 Å². The standard InChI is InChI=1S/C40H52F3N5O5S/c1-23-17-33(54-7)32(38(50)46-23)20-45-37(49)30-18-31(27-9-14-34(44-19-27)48-21-24(2)51-25(3)22-48)36-35(26(30)4)52-39(5,53-36)28-10-12-29(13-11-28)47(6)16-8-15-40(41,42)43/h9,14,17-19,24-25,28-29H,8,10-13,15-16,20-22H2,1-7H3,(H,45,49)(H,46,50)/t24-,25+,28-,29-,39?. The number of carbonyl (C=O) groups excluding carboxylic acids is 1. The van der Waals surface area contributed by atoms with Gasteiger partial charge < -0.3 is 34.3 Å². The number of amides is 1. The van der Waals surface area contributed by atoms with Gasteiger partial charge in [-0.3, -0.25) is 9.59 Å². The molecule has 10 nitrogen and oxygen atoms in total. The summed E-state index contributed by atoms with van der Waals surface area (Å²) in [6.07, 6.45) is 2.17. The molecular formula is C40H52F3N5O5S. The van der Waals surface area contributed by atoms with E-state index in [1.165, 1.54) is 11.8 Å². The van der Waals surface area contributed by atoms with Crippen molar-refractivity contribution in [3.8, 4) is 22.6 Å². The van der Waals surface area contributed by atoms with E-state index in [1.54, 1.807) is 6.20 Å². The number of fused-ring (bicyclic) bond motifs is 1. The van der Waals surface area contributed by atoms with Gasteiger partial charge in [0.25, 0.3) is 17.3 Å². The van der Waals surface area contributed by atoms with E-state index >= 15 is 0 Å². The number of aromatic amines is 1. The first-order valence-corrected chi connectivity index (χ1v) is 20.0. The molecule has 294 valence electrons. The lowest BCUT2D eigenvalue weighted by molar-refractivity contribution is -0.137. The van der Waals surface area contributed by atoms with Gasteiger partial charge in [-0.15, -0.1) is 11.8 Å². The quantitative estimate of drug-likeness (QED) is 0.190. The van der Waals surface area contributed by atoms with Crippen LogP contribution in [0.1, 0.15) is 86.5 Å². The maximum atomic E-state index is 14.0. The molecule has 1 amide bonds. The number of morpholine rings is 1. The van der Waals surface area contributed by atoms with Gasteiger partial charge in [0, 0.05) is 89.5 Å². The molecule has 1 saturated carbocycles. The van der Waals surface area contributed by atoms with Crippen LogP contribution in [-0.4, -0.2) is 83.9 Å². The number of hydrogen-bond donors (Lipinski definition) is 2. The molecule has 0 bridgehead atoms. The van der Waals surface area contributed by atoms with E-state index < -0.39 is 18.4 Å². The van der Waals surface area contributed by atoms with Crippen LogP contribution in [0.25, 0.3) is 11.1 Å². The van der Waals surface area contributed by atoms with Crippen molar-refractivity contribution < 1.29 is 32.2 Å². The van der Waals surface area contributed by atoms with Gasteiger partial charge in [-0.1, -0.05) is 0 Å². The Morgan fingerprint density at radius 2 is 1.78 bits per heavy atom. The van der Waals surface area contributed by atoms with Crippen LogP contribution in [0.4, 0.5) is 19.0 Å². The SMILES string of the molecule is CSc1cc(C)[nH]c(=O)c1CNC(=O)c1cc(-c2ccc(N3C[C@@H](C)O[C@@H](C)C3)nc2)c2c(c1C)OC(C)([C@H]1CC[C@H](N(C)CCCC(F)(F)F)CC1)O2.